The Morgan fingerprint density at radius 3 is 1.94 bits per heavy atom. The van der Waals surface area contributed by atoms with Gasteiger partial charge in [-0.1, -0.05) is 73.7 Å². The maximum Gasteiger partial charge on any atom is 0.264 e. The Labute approximate surface area is 207 Å². The van der Waals surface area contributed by atoms with E-state index in [0.29, 0.717) is 18.5 Å². The zero-order chi connectivity index (χ0) is 25.3. The third-order valence-electron chi connectivity index (χ3n) is 5.77. The first kappa shape index (κ1) is 26.0. The molecule has 7 nitrogen and oxygen atoms in total. The van der Waals surface area contributed by atoms with Gasteiger partial charge in [0.2, 0.25) is 11.8 Å². The average molecular weight is 494 g/mol. The summed E-state index contributed by atoms with van der Waals surface area (Å²) >= 11 is 0. The molecule has 184 valence electrons. The number of nitrogens with one attached hydrogen (secondary N) is 1. The second kappa shape index (κ2) is 12.2. The molecule has 0 heterocycles. The minimum atomic E-state index is -4.02. The van der Waals surface area contributed by atoms with Crippen LogP contribution in [0, 0.1) is 0 Å². The number of nitrogens with zero attached hydrogens (tertiary/aromatic N) is 2. The zero-order valence-corrected chi connectivity index (χ0v) is 20.8. The molecule has 0 aromatic heterocycles. The van der Waals surface area contributed by atoms with Crippen molar-refractivity contribution in [2.45, 2.75) is 30.7 Å². The second-order valence-corrected chi connectivity index (χ2v) is 9.88. The highest BCUT2D eigenvalue weighted by Gasteiger charge is 2.33. The molecule has 0 spiro atoms. The normalized spacial score (nSPS) is 11.9. The number of carbonyl (C=O) groups is 2. The van der Waals surface area contributed by atoms with Gasteiger partial charge in [0, 0.05) is 13.6 Å². The van der Waals surface area contributed by atoms with Gasteiger partial charge in [-0.3, -0.25) is 13.9 Å². The molecule has 0 unspecified atom stereocenters. The van der Waals surface area contributed by atoms with E-state index >= 15 is 0 Å². The van der Waals surface area contributed by atoms with Crippen molar-refractivity contribution >= 4 is 27.5 Å². The highest BCUT2D eigenvalue weighted by atomic mass is 32.2. The summed E-state index contributed by atoms with van der Waals surface area (Å²) in [4.78, 5) is 27.9. The van der Waals surface area contributed by atoms with Crippen LogP contribution in [-0.4, -0.2) is 51.3 Å². The lowest BCUT2D eigenvalue weighted by Crippen LogP contribution is -2.52. The van der Waals surface area contributed by atoms with E-state index in [2.05, 4.69) is 5.32 Å². The van der Waals surface area contributed by atoms with Crippen LogP contribution >= 0.6 is 0 Å². The minimum Gasteiger partial charge on any atom is -0.357 e. The van der Waals surface area contributed by atoms with Crippen LogP contribution in [0.25, 0.3) is 0 Å². The number of likely N-dealkylation sites (N-methyl/N-ethyl adjacent to an activating group) is 1. The smallest absolute Gasteiger partial charge is 0.264 e. The van der Waals surface area contributed by atoms with Crippen LogP contribution in [0.5, 0.6) is 0 Å². The molecule has 3 rings (SSSR count). The van der Waals surface area contributed by atoms with Gasteiger partial charge in [0.1, 0.15) is 12.6 Å². The molecular weight excluding hydrogens is 462 g/mol. The first-order valence-corrected chi connectivity index (χ1v) is 13.0. The maximum atomic E-state index is 13.7. The van der Waals surface area contributed by atoms with E-state index in [1.807, 2.05) is 37.3 Å². The molecule has 0 radical (unpaired) electrons. The summed E-state index contributed by atoms with van der Waals surface area (Å²) in [5.74, 6) is -0.731. The molecular formula is C27H31N3O4S. The largest absolute Gasteiger partial charge is 0.357 e. The minimum absolute atomic E-state index is 0.0887. The predicted octanol–water partition coefficient (Wildman–Crippen LogP) is 3.48. The third kappa shape index (κ3) is 6.48. The van der Waals surface area contributed by atoms with Crippen molar-refractivity contribution in [3.8, 4) is 0 Å². The van der Waals surface area contributed by atoms with E-state index < -0.39 is 28.5 Å². The van der Waals surface area contributed by atoms with Crippen molar-refractivity contribution in [3.63, 3.8) is 0 Å². The second-order valence-electron chi connectivity index (χ2n) is 8.02. The van der Waals surface area contributed by atoms with E-state index in [9.17, 15) is 18.0 Å². The molecule has 1 atom stereocenters. The summed E-state index contributed by atoms with van der Waals surface area (Å²) in [6, 6.07) is 25.5. The van der Waals surface area contributed by atoms with Crippen molar-refractivity contribution in [1.29, 1.82) is 0 Å². The number of benzene rings is 3. The lowest BCUT2D eigenvalue weighted by molar-refractivity contribution is -0.139. The highest BCUT2D eigenvalue weighted by Crippen LogP contribution is 2.24. The van der Waals surface area contributed by atoms with Gasteiger partial charge in [0.25, 0.3) is 10.0 Å². The van der Waals surface area contributed by atoms with Crippen LogP contribution in [0.15, 0.2) is 95.9 Å². The molecule has 0 aliphatic rings. The zero-order valence-electron chi connectivity index (χ0n) is 20.0. The average Bonchev–Trinajstić information content (AvgIpc) is 2.90. The van der Waals surface area contributed by atoms with Crippen LogP contribution in [0.4, 0.5) is 5.69 Å². The fraction of sp³-hybridized carbons (Fsp3) is 0.259. The van der Waals surface area contributed by atoms with E-state index in [4.69, 9.17) is 0 Å². The Bertz CT molecular complexity index is 1200. The summed E-state index contributed by atoms with van der Waals surface area (Å²) in [6.07, 6.45) is 0.938. The molecule has 3 aromatic carbocycles. The van der Waals surface area contributed by atoms with Crippen LogP contribution in [0.1, 0.15) is 18.9 Å². The summed E-state index contributed by atoms with van der Waals surface area (Å²) in [6.45, 7) is 1.69. The van der Waals surface area contributed by atoms with Gasteiger partial charge in [0.15, 0.2) is 0 Å². The van der Waals surface area contributed by atoms with E-state index in [-0.39, 0.29) is 17.3 Å². The number of carbonyl (C=O) groups excluding carboxylic acids is 2. The van der Waals surface area contributed by atoms with Crippen molar-refractivity contribution in [3.05, 3.63) is 96.6 Å². The molecule has 3 aromatic rings. The number of amides is 2. The van der Waals surface area contributed by atoms with Crippen LogP contribution in [0.3, 0.4) is 0 Å². The Morgan fingerprint density at radius 2 is 1.40 bits per heavy atom. The molecule has 8 heteroatoms. The summed E-state index contributed by atoms with van der Waals surface area (Å²) in [5.41, 5.74) is 1.40. The molecule has 0 fully saturated rings. The van der Waals surface area contributed by atoms with Crippen LogP contribution in [-0.2, 0) is 26.0 Å². The lowest BCUT2D eigenvalue weighted by atomic mass is 10.1. The highest BCUT2D eigenvalue weighted by molar-refractivity contribution is 7.92. The lowest BCUT2D eigenvalue weighted by Gasteiger charge is -2.33. The van der Waals surface area contributed by atoms with Crippen molar-refractivity contribution < 1.29 is 18.0 Å². The van der Waals surface area contributed by atoms with Gasteiger partial charge in [0.05, 0.1) is 10.6 Å². The molecule has 0 aliphatic heterocycles. The SMILES string of the molecule is CC[C@@H](C(=O)NC)N(CCc1ccccc1)C(=O)CN(c1ccccc1)S(=O)(=O)c1ccccc1. The fourth-order valence-electron chi connectivity index (χ4n) is 3.91. The van der Waals surface area contributed by atoms with Crippen molar-refractivity contribution in [2.75, 3.05) is 24.4 Å². The quantitative estimate of drug-likeness (QED) is 0.443. The number of hydrogen-bond donors (Lipinski definition) is 1. The Hall–Kier alpha value is -3.65. The van der Waals surface area contributed by atoms with Crippen LogP contribution in [0.2, 0.25) is 0 Å². The summed E-state index contributed by atoms with van der Waals surface area (Å²) in [7, 11) is -2.49. The molecule has 35 heavy (non-hydrogen) atoms. The maximum absolute atomic E-state index is 13.7. The number of para-hydroxylation sites is 1. The third-order valence-corrected chi connectivity index (χ3v) is 7.56. The van der Waals surface area contributed by atoms with Gasteiger partial charge in [-0.15, -0.1) is 0 Å². The van der Waals surface area contributed by atoms with Gasteiger partial charge in [-0.05, 0) is 42.7 Å². The fourth-order valence-corrected chi connectivity index (χ4v) is 5.34. The molecule has 2 amide bonds. The first-order valence-electron chi connectivity index (χ1n) is 11.6. The number of sulfonamides is 1. The summed E-state index contributed by atoms with van der Waals surface area (Å²) in [5, 5.41) is 2.63. The van der Waals surface area contributed by atoms with Gasteiger partial charge >= 0.3 is 0 Å². The first-order chi connectivity index (χ1) is 16.9. The molecule has 1 N–H and O–H groups in total. The van der Waals surface area contributed by atoms with Crippen LogP contribution < -0.4 is 9.62 Å². The molecule has 0 saturated carbocycles. The molecule has 0 bridgehead atoms. The number of rotatable bonds is 11. The monoisotopic (exact) mass is 493 g/mol. The number of anilines is 1. The van der Waals surface area contributed by atoms with E-state index in [1.54, 1.807) is 48.5 Å². The van der Waals surface area contributed by atoms with Gasteiger partial charge in [-0.25, -0.2) is 8.42 Å². The number of hydrogen-bond acceptors (Lipinski definition) is 4. The Balaban J connectivity index is 1.96. The van der Waals surface area contributed by atoms with Crippen molar-refractivity contribution in [1.82, 2.24) is 10.2 Å². The summed E-state index contributed by atoms with van der Waals surface area (Å²) < 4.78 is 28.3. The molecule has 0 saturated heterocycles. The van der Waals surface area contributed by atoms with E-state index in [0.717, 1.165) is 9.87 Å². The topological polar surface area (TPSA) is 86.8 Å². The molecule has 0 aliphatic carbocycles. The van der Waals surface area contributed by atoms with E-state index in [1.165, 1.54) is 24.1 Å². The Morgan fingerprint density at radius 1 is 0.857 bits per heavy atom. The van der Waals surface area contributed by atoms with Crippen molar-refractivity contribution in [2.24, 2.45) is 0 Å². The Kier molecular flexibility index (Phi) is 9.03. The van der Waals surface area contributed by atoms with Gasteiger partial charge < -0.3 is 10.2 Å². The standard InChI is InChI=1S/C27H31N3O4S/c1-3-25(27(32)28-2)29(20-19-22-13-7-4-8-14-22)26(31)21-30(23-15-9-5-10-16-23)35(33,34)24-17-11-6-12-18-24/h4-18,25H,3,19-21H2,1-2H3,(H,28,32)/t25-/m0/s1. The predicted molar refractivity (Wildman–Crippen MR) is 137 cm³/mol. The van der Waals surface area contributed by atoms with Gasteiger partial charge in [-0.2, -0.15) is 0 Å².